The van der Waals surface area contributed by atoms with Gasteiger partial charge in [-0.1, -0.05) is 12.1 Å². The van der Waals surface area contributed by atoms with E-state index in [1.165, 1.54) is 18.2 Å². The third-order valence-corrected chi connectivity index (χ3v) is 3.79. The maximum Gasteiger partial charge on any atom is 0.446 e. The standard InChI is InChI=1S/C11H10F5NS/c12-10(13)5-9(10,6-17)7-2-1-3-8(4-7)18-11(14,15)16/h1-4H,5-6,17H2. The molecule has 2 N–H and O–H groups in total. The van der Waals surface area contributed by atoms with Gasteiger partial charge in [0.2, 0.25) is 0 Å². The first-order chi connectivity index (χ1) is 8.20. The summed E-state index contributed by atoms with van der Waals surface area (Å²) in [7, 11) is 0. The molecular formula is C11H10F5NS. The topological polar surface area (TPSA) is 26.0 Å². The molecule has 1 nitrogen and oxygen atoms in total. The molecule has 0 aliphatic heterocycles. The van der Waals surface area contributed by atoms with Gasteiger partial charge in [0.25, 0.3) is 5.92 Å². The highest BCUT2D eigenvalue weighted by Crippen LogP contribution is 2.61. The molecule has 0 radical (unpaired) electrons. The van der Waals surface area contributed by atoms with Crippen LogP contribution in [-0.2, 0) is 5.41 Å². The van der Waals surface area contributed by atoms with Crippen molar-refractivity contribution >= 4 is 11.8 Å². The fraction of sp³-hybridized carbons (Fsp3) is 0.455. The van der Waals surface area contributed by atoms with E-state index in [2.05, 4.69) is 0 Å². The second kappa shape index (κ2) is 4.09. The van der Waals surface area contributed by atoms with Crippen molar-refractivity contribution in [2.75, 3.05) is 6.54 Å². The predicted octanol–water partition coefficient (Wildman–Crippen LogP) is 3.53. The third kappa shape index (κ3) is 2.33. The van der Waals surface area contributed by atoms with Crippen LogP contribution in [0.15, 0.2) is 29.2 Å². The molecule has 1 aliphatic rings. The zero-order chi connectivity index (χ0) is 13.6. The van der Waals surface area contributed by atoms with Crippen molar-refractivity contribution in [3.63, 3.8) is 0 Å². The van der Waals surface area contributed by atoms with E-state index in [-0.39, 0.29) is 28.8 Å². The Balaban J connectivity index is 2.29. The molecule has 1 aromatic rings. The quantitative estimate of drug-likeness (QED) is 0.678. The minimum atomic E-state index is -4.43. The number of benzene rings is 1. The predicted molar refractivity (Wildman–Crippen MR) is 58.7 cm³/mol. The summed E-state index contributed by atoms with van der Waals surface area (Å²) >= 11 is -0.316. The van der Waals surface area contributed by atoms with Gasteiger partial charge in [0, 0.05) is 17.9 Å². The maximum atomic E-state index is 13.3. The van der Waals surface area contributed by atoms with Crippen molar-refractivity contribution in [3.8, 4) is 0 Å². The van der Waals surface area contributed by atoms with Gasteiger partial charge in [-0.05, 0) is 29.5 Å². The first kappa shape index (κ1) is 13.6. The lowest BCUT2D eigenvalue weighted by Gasteiger charge is -2.15. The molecule has 1 aliphatic carbocycles. The first-order valence-corrected chi connectivity index (χ1v) is 5.96. The summed E-state index contributed by atoms with van der Waals surface area (Å²) in [6.45, 7) is -0.278. The first-order valence-electron chi connectivity index (χ1n) is 5.14. The monoisotopic (exact) mass is 283 g/mol. The number of hydrogen-bond donors (Lipinski definition) is 1. The van der Waals surface area contributed by atoms with Crippen LogP contribution in [0.25, 0.3) is 0 Å². The molecule has 7 heteroatoms. The molecule has 1 fully saturated rings. The van der Waals surface area contributed by atoms with Crippen molar-refractivity contribution in [2.24, 2.45) is 5.73 Å². The van der Waals surface area contributed by atoms with Gasteiger partial charge in [0.15, 0.2) is 0 Å². The highest BCUT2D eigenvalue weighted by Gasteiger charge is 2.71. The Bertz CT molecular complexity index is 459. The molecule has 0 saturated heterocycles. The number of hydrogen-bond acceptors (Lipinski definition) is 2. The van der Waals surface area contributed by atoms with Crippen LogP contribution < -0.4 is 5.73 Å². The normalized spacial score (nSPS) is 26.1. The molecule has 18 heavy (non-hydrogen) atoms. The average molecular weight is 283 g/mol. The fourth-order valence-electron chi connectivity index (χ4n) is 1.98. The van der Waals surface area contributed by atoms with Crippen LogP contribution >= 0.6 is 11.8 Å². The lowest BCUT2D eigenvalue weighted by Crippen LogP contribution is -2.26. The molecule has 1 unspecified atom stereocenters. The Labute approximate surface area is 105 Å². The third-order valence-electron chi connectivity index (χ3n) is 3.07. The van der Waals surface area contributed by atoms with E-state index in [1.54, 1.807) is 0 Å². The molecule has 1 aromatic carbocycles. The molecule has 0 amide bonds. The number of alkyl halides is 5. The van der Waals surface area contributed by atoms with E-state index in [9.17, 15) is 22.0 Å². The lowest BCUT2D eigenvalue weighted by atomic mass is 9.95. The van der Waals surface area contributed by atoms with Crippen LogP contribution in [0.2, 0.25) is 0 Å². The number of thioether (sulfide) groups is 1. The minimum absolute atomic E-state index is 0.101. The zero-order valence-electron chi connectivity index (χ0n) is 9.10. The molecule has 0 heterocycles. The largest absolute Gasteiger partial charge is 0.446 e. The van der Waals surface area contributed by atoms with E-state index in [0.717, 1.165) is 6.07 Å². The smallest absolute Gasteiger partial charge is 0.329 e. The Morgan fingerprint density at radius 2 is 1.89 bits per heavy atom. The Kier molecular flexibility index (Phi) is 3.09. The highest BCUT2D eigenvalue weighted by molar-refractivity contribution is 8.00. The molecule has 0 bridgehead atoms. The van der Waals surface area contributed by atoms with Crippen molar-refractivity contribution in [2.45, 2.75) is 28.2 Å². The van der Waals surface area contributed by atoms with Gasteiger partial charge in [0.1, 0.15) is 0 Å². The van der Waals surface area contributed by atoms with Gasteiger partial charge >= 0.3 is 5.51 Å². The Hall–Kier alpha value is -0.820. The summed E-state index contributed by atoms with van der Waals surface area (Å²) < 4.78 is 63.2. The van der Waals surface area contributed by atoms with Gasteiger partial charge in [0.05, 0.1) is 5.41 Å². The van der Waals surface area contributed by atoms with Crippen molar-refractivity contribution in [1.82, 2.24) is 0 Å². The molecule has 1 atom stereocenters. The summed E-state index contributed by atoms with van der Waals surface area (Å²) in [5.41, 5.74) is -0.406. The average Bonchev–Trinajstić information content (AvgIpc) is 2.80. The molecule has 0 aromatic heterocycles. The van der Waals surface area contributed by atoms with Crippen LogP contribution in [0.3, 0.4) is 0 Å². The Morgan fingerprint density at radius 1 is 1.28 bits per heavy atom. The van der Waals surface area contributed by atoms with Crippen LogP contribution in [-0.4, -0.2) is 18.0 Å². The number of halogens is 5. The summed E-state index contributed by atoms with van der Waals surface area (Å²) in [5.74, 6) is -2.93. The summed E-state index contributed by atoms with van der Waals surface area (Å²) in [5, 5.41) is 0. The van der Waals surface area contributed by atoms with E-state index < -0.39 is 23.3 Å². The maximum absolute atomic E-state index is 13.3. The molecule has 1 saturated carbocycles. The SMILES string of the molecule is NCC1(c2cccc(SC(F)(F)F)c2)CC1(F)F. The van der Waals surface area contributed by atoms with Crippen molar-refractivity contribution < 1.29 is 22.0 Å². The molecule has 0 spiro atoms. The van der Waals surface area contributed by atoms with Crippen molar-refractivity contribution in [3.05, 3.63) is 29.8 Å². The van der Waals surface area contributed by atoms with Gasteiger partial charge in [-0.2, -0.15) is 13.2 Å². The lowest BCUT2D eigenvalue weighted by molar-refractivity contribution is -0.0328. The zero-order valence-corrected chi connectivity index (χ0v) is 9.92. The van der Waals surface area contributed by atoms with E-state index in [1.807, 2.05) is 0 Å². The van der Waals surface area contributed by atoms with Crippen LogP contribution in [0.5, 0.6) is 0 Å². The van der Waals surface area contributed by atoms with Gasteiger partial charge in [-0.25, -0.2) is 8.78 Å². The van der Waals surface area contributed by atoms with Crippen LogP contribution in [0.4, 0.5) is 22.0 Å². The second-order valence-corrected chi connectivity index (χ2v) is 5.38. The summed E-state index contributed by atoms with van der Waals surface area (Å²) in [6, 6.07) is 5.13. The van der Waals surface area contributed by atoms with E-state index in [4.69, 9.17) is 5.73 Å². The Morgan fingerprint density at radius 3 is 2.33 bits per heavy atom. The van der Waals surface area contributed by atoms with E-state index in [0.29, 0.717) is 0 Å². The summed E-state index contributed by atoms with van der Waals surface area (Å²) in [4.78, 5) is -0.101. The fourth-order valence-corrected chi connectivity index (χ4v) is 2.58. The van der Waals surface area contributed by atoms with Gasteiger partial charge in [-0.3, -0.25) is 0 Å². The van der Waals surface area contributed by atoms with E-state index >= 15 is 0 Å². The summed E-state index contributed by atoms with van der Waals surface area (Å²) in [6.07, 6.45) is -0.406. The van der Waals surface area contributed by atoms with Gasteiger partial charge < -0.3 is 5.73 Å². The van der Waals surface area contributed by atoms with Crippen LogP contribution in [0, 0.1) is 0 Å². The van der Waals surface area contributed by atoms with Crippen LogP contribution in [0.1, 0.15) is 12.0 Å². The molecular weight excluding hydrogens is 273 g/mol. The molecule has 2 rings (SSSR count). The second-order valence-electron chi connectivity index (χ2n) is 4.24. The van der Waals surface area contributed by atoms with Crippen molar-refractivity contribution in [1.29, 1.82) is 0 Å². The highest BCUT2D eigenvalue weighted by atomic mass is 32.2. The number of rotatable bonds is 3. The van der Waals surface area contributed by atoms with Gasteiger partial charge in [-0.15, -0.1) is 0 Å². The minimum Gasteiger partial charge on any atom is -0.329 e. The molecule has 100 valence electrons. The number of nitrogens with two attached hydrogens (primary N) is 1.